The lowest BCUT2D eigenvalue weighted by molar-refractivity contribution is -0.130. The van der Waals surface area contributed by atoms with Crippen molar-refractivity contribution in [3.8, 4) is 5.75 Å². The van der Waals surface area contributed by atoms with E-state index in [2.05, 4.69) is 36.3 Å². The van der Waals surface area contributed by atoms with E-state index in [9.17, 15) is 4.79 Å². The quantitative estimate of drug-likeness (QED) is 0.317. The summed E-state index contributed by atoms with van der Waals surface area (Å²) in [7, 11) is 3.40. The molecule has 2 aromatic carbocycles. The second kappa shape index (κ2) is 12.3. The molecule has 6 nitrogen and oxygen atoms in total. The van der Waals surface area contributed by atoms with Gasteiger partial charge < -0.3 is 20.7 Å². The van der Waals surface area contributed by atoms with E-state index in [1.165, 1.54) is 10.5 Å². The number of benzene rings is 2. The summed E-state index contributed by atoms with van der Waals surface area (Å²) < 4.78 is 5.53. The number of nitrogens with one attached hydrogen (secondary N) is 1. The molecule has 0 saturated carbocycles. The maximum absolute atomic E-state index is 11.6. The van der Waals surface area contributed by atoms with Crippen molar-refractivity contribution in [2.45, 2.75) is 32.7 Å². The Morgan fingerprint density at radius 1 is 1.21 bits per heavy atom. The first-order valence-corrected chi connectivity index (χ1v) is 9.47. The number of nitrogens with two attached hydrogens (primary N) is 1. The predicted octanol–water partition coefficient (Wildman–Crippen LogP) is 4.21. The summed E-state index contributed by atoms with van der Waals surface area (Å²) in [6.45, 7) is 4.83. The SMILES string of the molecule is CCC(C)c1ccc(NC(N)=NCc2cccc(OCC(=O)N(C)C)c2)cc1.I. The van der Waals surface area contributed by atoms with Crippen LogP contribution in [0.2, 0.25) is 0 Å². The standard InChI is InChI=1S/C22H30N4O2.HI/c1-5-16(2)18-9-11-19(12-10-18)25-22(23)24-14-17-7-6-8-20(13-17)28-15-21(27)26(3)4;/h6-13,16H,5,14-15H2,1-4H3,(H3,23,24,25);1H. The van der Waals surface area contributed by atoms with E-state index in [1.807, 2.05) is 36.4 Å². The number of hydrogen-bond donors (Lipinski definition) is 2. The van der Waals surface area contributed by atoms with Crippen molar-refractivity contribution in [1.82, 2.24) is 4.90 Å². The third-order valence-electron chi connectivity index (χ3n) is 4.56. The van der Waals surface area contributed by atoms with Gasteiger partial charge in [0.05, 0.1) is 6.54 Å². The predicted molar refractivity (Wildman–Crippen MR) is 130 cm³/mol. The zero-order chi connectivity index (χ0) is 20.5. The number of carbonyl (C=O) groups is 1. The van der Waals surface area contributed by atoms with Crippen molar-refractivity contribution in [2.24, 2.45) is 10.7 Å². The van der Waals surface area contributed by atoms with Crippen LogP contribution in [0.4, 0.5) is 5.69 Å². The molecule has 158 valence electrons. The Balaban J connectivity index is 0.00000420. The van der Waals surface area contributed by atoms with E-state index < -0.39 is 0 Å². The first-order chi connectivity index (χ1) is 13.4. The van der Waals surface area contributed by atoms with Gasteiger partial charge in [-0.2, -0.15) is 0 Å². The molecule has 2 rings (SSSR count). The van der Waals surface area contributed by atoms with Crippen LogP contribution in [0.3, 0.4) is 0 Å². The lowest BCUT2D eigenvalue weighted by Gasteiger charge is -2.12. The van der Waals surface area contributed by atoms with Crippen LogP contribution >= 0.6 is 24.0 Å². The van der Waals surface area contributed by atoms with Crippen LogP contribution in [0.1, 0.15) is 37.3 Å². The van der Waals surface area contributed by atoms with E-state index in [0.29, 0.717) is 24.2 Å². The van der Waals surface area contributed by atoms with Crippen molar-refractivity contribution in [2.75, 3.05) is 26.0 Å². The van der Waals surface area contributed by atoms with E-state index in [1.54, 1.807) is 14.1 Å². The van der Waals surface area contributed by atoms with Gasteiger partial charge in [0.1, 0.15) is 5.75 Å². The van der Waals surface area contributed by atoms with Crippen LogP contribution in [-0.2, 0) is 11.3 Å². The fourth-order valence-corrected chi connectivity index (χ4v) is 2.50. The highest BCUT2D eigenvalue weighted by Crippen LogP contribution is 2.20. The zero-order valence-electron chi connectivity index (χ0n) is 17.5. The monoisotopic (exact) mass is 510 g/mol. The molecule has 29 heavy (non-hydrogen) atoms. The minimum atomic E-state index is -0.0868. The Morgan fingerprint density at radius 3 is 2.52 bits per heavy atom. The third kappa shape index (κ3) is 8.31. The molecule has 0 bridgehead atoms. The smallest absolute Gasteiger partial charge is 0.259 e. The Bertz CT molecular complexity index is 807. The van der Waals surface area contributed by atoms with Gasteiger partial charge in [0.2, 0.25) is 0 Å². The lowest BCUT2D eigenvalue weighted by Crippen LogP contribution is -2.27. The lowest BCUT2D eigenvalue weighted by atomic mass is 9.99. The Morgan fingerprint density at radius 2 is 1.90 bits per heavy atom. The van der Waals surface area contributed by atoms with Crippen molar-refractivity contribution >= 4 is 41.5 Å². The van der Waals surface area contributed by atoms with Gasteiger partial charge in [-0.25, -0.2) is 4.99 Å². The highest BCUT2D eigenvalue weighted by Gasteiger charge is 2.06. The minimum absolute atomic E-state index is 0. The molecular weight excluding hydrogens is 479 g/mol. The molecule has 1 atom stereocenters. The summed E-state index contributed by atoms with van der Waals surface area (Å²) in [6, 6.07) is 15.7. The number of aliphatic imine (C=N–C) groups is 1. The van der Waals surface area contributed by atoms with Gasteiger partial charge in [-0.3, -0.25) is 4.79 Å². The van der Waals surface area contributed by atoms with E-state index in [-0.39, 0.29) is 36.5 Å². The van der Waals surface area contributed by atoms with E-state index >= 15 is 0 Å². The summed E-state index contributed by atoms with van der Waals surface area (Å²) in [6.07, 6.45) is 1.11. The number of likely N-dealkylation sites (N-methyl/N-ethyl adjacent to an activating group) is 1. The number of anilines is 1. The molecule has 0 radical (unpaired) electrons. The van der Waals surface area contributed by atoms with Gasteiger partial charge in [-0.15, -0.1) is 24.0 Å². The number of amides is 1. The van der Waals surface area contributed by atoms with Crippen molar-refractivity contribution in [3.63, 3.8) is 0 Å². The van der Waals surface area contributed by atoms with Crippen LogP contribution in [0.25, 0.3) is 0 Å². The molecule has 1 amide bonds. The van der Waals surface area contributed by atoms with Gasteiger partial charge in [-0.05, 0) is 47.7 Å². The fraction of sp³-hybridized carbons (Fsp3) is 0.364. The number of hydrogen-bond acceptors (Lipinski definition) is 3. The molecule has 7 heteroatoms. The maximum atomic E-state index is 11.6. The van der Waals surface area contributed by atoms with Crippen LogP contribution < -0.4 is 15.8 Å². The molecule has 0 aromatic heterocycles. The normalized spacial score (nSPS) is 11.9. The van der Waals surface area contributed by atoms with Gasteiger partial charge in [0.15, 0.2) is 12.6 Å². The number of guanidine groups is 1. The highest BCUT2D eigenvalue weighted by atomic mass is 127. The van der Waals surface area contributed by atoms with Crippen molar-refractivity contribution in [1.29, 1.82) is 0 Å². The fourth-order valence-electron chi connectivity index (χ4n) is 2.50. The molecule has 0 saturated heterocycles. The van der Waals surface area contributed by atoms with Gasteiger partial charge in [0, 0.05) is 19.8 Å². The van der Waals surface area contributed by atoms with E-state index in [4.69, 9.17) is 10.5 Å². The number of carbonyl (C=O) groups excluding carboxylic acids is 1. The molecule has 0 aliphatic rings. The molecule has 0 aliphatic heterocycles. The number of ether oxygens (including phenoxy) is 1. The first kappa shape index (κ1) is 24.7. The third-order valence-corrected chi connectivity index (χ3v) is 4.56. The summed E-state index contributed by atoms with van der Waals surface area (Å²) in [4.78, 5) is 17.5. The highest BCUT2D eigenvalue weighted by molar-refractivity contribution is 14.0. The molecule has 1 unspecified atom stereocenters. The molecule has 2 aromatic rings. The summed E-state index contributed by atoms with van der Waals surface area (Å²) >= 11 is 0. The van der Waals surface area contributed by atoms with Gasteiger partial charge in [-0.1, -0.05) is 38.1 Å². The van der Waals surface area contributed by atoms with Crippen LogP contribution in [0, 0.1) is 0 Å². The average Bonchev–Trinajstić information content (AvgIpc) is 2.70. The maximum Gasteiger partial charge on any atom is 0.259 e. The summed E-state index contributed by atoms with van der Waals surface area (Å²) in [5.41, 5.74) is 9.18. The average molecular weight is 510 g/mol. The summed E-state index contributed by atoms with van der Waals surface area (Å²) in [5.74, 6) is 1.44. The second-order valence-electron chi connectivity index (χ2n) is 6.98. The Kier molecular flexibility index (Phi) is 10.5. The molecule has 0 fully saturated rings. The van der Waals surface area contributed by atoms with Crippen LogP contribution in [0.15, 0.2) is 53.5 Å². The Hall–Kier alpha value is -2.29. The van der Waals surface area contributed by atoms with Crippen LogP contribution in [-0.4, -0.2) is 37.5 Å². The van der Waals surface area contributed by atoms with Gasteiger partial charge in [0.25, 0.3) is 5.91 Å². The summed E-state index contributed by atoms with van der Waals surface area (Å²) in [5, 5.41) is 3.11. The van der Waals surface area contributed by atoms with E-state index in [0.717, 1.165) is 17.7 Å². The number of rotatable bonds is 8. The molecular formula is C22H31IN4O2. The first-order valence-electron chi connectivity index (χ1n) is 9.47. The number of nitrogens with zero attached hydrogens (tertiary/aromatic N) is 2. The van der Waals surface area contributed by atoms with Crippen molar-refractivity contribution in [3.05, 3.63) is 59.7 Å². The molecule has 3 N–H and O–H groups in total. The van der Waals surface area contributed by atoms with Crippen LogP contribution in [0.5, 0.6) is 5.75 Å². The molecule has 0 aliphatic carbocycles. The molecule has 0 heterocycles. The largest absolute Gasteiger partial charge is 0.484 e. The second-order valence-corrected chi connectivity index (χ2v) is 6.98. The molecule has 0 spiro atoms. The number of halogens is 1. The Labute approximate surface area is 190 Å². The minimum Gasteiger partial charge on any atom is -0.484 e. The van der Waals surface area contributed by atoms with Gasteiger partial charge >= 0.3 is 0 Å². The van der Waals surface area contributed by atoms with Crippen molar-refractivity contribution < 1.29 is 9.53 Å². The zero-order valence-corrected chi connectivity index (χ0v) is 19.8. The topological polar surface area (TPSA) is 80.0 Å².